The molecular formula is C34H58N2O35S3. The maximum Gasteiger partial charge on any atom is 0.397 e. The summed E-state index contributed by atoms with van der Waals surface area (Å²) < 4.78 is 160. The van der Waals surface area contributed by atoms with E-state index in [4.69, 9.17) is 47.2 Å². The number of aliphatic hydroxyl groups excluding tert-OH is 12. The molecule has 40 heteroatoms. The van der Waals surface area contributed by atoms with Crippen LogP contribution in [0.25, 0.3) is 0 Å². The molecule has 432 valence electrons. The van der Waals surface area contributed by atoms with E-state index in [9.17, 15) is 105 Å². The molecule has 25 atom stereocenters. The number of rotatable bonds is 21. The van der Waals surface area contributed by atoms with Crippen molar-refractivity contribution in [3.63, 3.8) is 0 Å². The molecule has 0 radical (unpaired) electrons. The largest absolute Gasteiger partial charge is 0.397 e. The van der Waals surface area contributed by atoms with Crippen LogP contribution >= 0.6 is 0 Å². The van der Waals surface area contributed by atoms with Gasteiger partial charge in [0.1, 0.15) is 122 Å². The summed E-state index contributed by atoms with van der Waals surface area (Å²) >= 11 is 0. The molecule has 5 saturated heterocycles. The van der Waals surface area contributed by atoms with Gasteiger partial charge in [-0.3, -0.25) is 23.2 Å². The van der Waals surface area contributed by atoms with Crippen LogP contribution in [0, 0.1) is 0 Å². The molecule has 5 heterocycles. The zero-order valence-electron chi connectivity index (χ0n) is 38.1. The number of carbonyl (C=O) groups excluding carboxylic acids is 2. The van der Waals surface area contributed by atoms with E-state index < -0.39 is 229 Å². The second kappa shape index (κ2) is 25.7. The van der Waals surface area contributed by atoms with Crippen molar-refractivity contribution in [2.45, 2.75) is 167 Å². The number of hydrogen-bond donors (Lipinski definition) is 17. The zero-order chi connectivity index (χ0) is 55.5. The third-order valence-corrected chi connectivity index (χ3v) is 13.0. The Morgan fingerprint density at radius 3 is 1.14 bits per heavy atom. The average Bonchev–Trinajstić information content (AvgIpc) is 3.29. The monoisotopic (exact) mass is 1150 g/mol. The standard InChI is InChI=1S/C34H58N2O35S3/c1-8(39)35-15-21(45)27(14(7-62-74(57,58)59)66-31(15)70-28-18(42)10(3-37)63-30(50)24(28)48)69-34-25(49)29(19(43)11(4-38)64-34)71-32-16(36-9(2)40)20(44)26(13(67-32)6-61-73(54,55)56)68-33-23(47)22(46)17(41)12(65-33)5-60-72(51,52)53/h10-34,37-38,41-50H,3-7H2,1-2H3,(H,35,39)(H,36,40)(H,51,52,53)(H,54,55,56)(H,57,58,59). The van der Waals surface area contributed by atoms with Gasteiger partial charge in [-0.05, 0) is 0 Å². The summed E-state index contributed by atoms with van der Waals surface area (Å²) in [6.45, 7) is -4.31. The first kappa shape index (κ1) is 62.6. The van der Waals surface area contributed by atoms with E-state index >= 15 is 0 Å². The van der Waals surface area contributed by atoms with E-state index in [1.807, 2.05) is 0 Å². The second-order valence-electron chi connectivity index (χ2n) is 17.0. The molecule has 0 bridgehead atoms. The van der Waals surface area contributed by atoms with Crippen LogP contribution in [-0.2, 0) is 96.0 Å². The van der Waals surface area contributed by atoms with Crippen molar-refractivity contribution >= 4 is 43.0 Å². The van der Waals surface area contributed by atoms with Gasteiger partial charge in [0.05, 0.1) is 33.0 Å². The van der Waals surface area contributed by atoms with Crippen molar-refractivity contribution in [1.82, 2.24) is 10.6 Å². The summed E-state index contributed by atoms with van der Waals surface area (Å²) in [5, 5.41) is 134. The van der Waals surface area contributed by atoms with Gasteiger partial charge in [0.25, 0.3) is 0 Å². The Labute approximate surface area is 418 Å². The highest BCUT2D eigenvalue weighted by molar-refractivity contribution is 7.81. The molecule has 2 amide bonds. The Bertz CT molecular complexity index is 2200. The lowest BCUT2D eigenvalue weighted by Crippen LogP contribution is -2.70. The first-order valence-electron chi connectivity index (χ1n) is 21.6. The first-order valence-corrected chi connectivity index (χ1v) is 25.7. The quantitative estimate of drug-likeness (QED) is 0.0475. The van der Waals surface area contributed by atoms with Crippen molar-refractivity contribution in [3.8, 4) is 0 Å². The number of nitrogens with one attached hydrogen (secondary N) is 2. The smallest absolute Gasteiger partial charge is 0.394 e. The van der Waals surface area contributed by atoms with Crippen LogP contribution in [0.15, 0.2) is 0 Å². The van der Waals surface area contributed by atoms with Gasteiger partial charge < -0.3 is 115 Å². The maximum atomic E-state index is 12.6. The average molecular weight is 1150 g/mol. The highest BCUT2D eigenvalue weighted by atomic mass is 32.3. The van der Waals surface area contributed by atoms with Crippen molar-refractivity contribution in [3.05, 3.63) is 0 Å². The fraction of sp³-hybridized carbons (Fsp3) is 0.941. The fourth-order valence-electron chi connectivity index (χ4n) is 8.25. The van der Waals surface area contributed by atoms with E-state index in [-0.39, 0.29) is 0 Å². The molecule has 5 aliphatic heterocycles. The number of ether oxygens (including phenoxy) is 9. The molecule has 25 unspecified atom stereocenters. The van der Waals surface area contributed by atoms with Crippen molar-refractivity contribution in [2.24, 2.45) is 0 Å². The van der Waals surface area contributed by atoms with Crippen molar-refractivity contribution in [2.75, 3.05) is 33.0 Å². The molecule has 0 aromatic heterocycles. The Balaban J connectivity index is 1.46. The minimum absolute atomic E-state index is 0.870. The van der Waals surface area contributed by atoms with E-state index in [1.165, 1.54) is 0 Å². The van der Waals surface area contributed by atoms with Gasteiger partial charge >= 0.3 is 31.2 Å². The van der Waals surface area contributed by atoms with Crippen molar-refractivity contribution in [1.29, 1.82) is 0 Å². The third kappa shape index (κ3) is 15.9. The zero-order valence-corrected chi connectivity index (χ0v) is 40.5. The molecular weight excluding hydrogens is 1090 g/mol. The van der Waals surface area contributed by atoms with E-state index in [0.717, 1.165) is 13.8 Å². The predicted molar refractivity (Wildman–Crippen MR) is 221 cm³/mol. The fourth-order valence-corrected chi connectivity index (χ4v) is 9.17. The molecule has 17 N–H and O–H groups in total. The van der Waals surface area contributed by atoms with Gasteiger partial charge in [-0.2, -0.15) is 25.3 Å². The van der Waals surface area contributed by atoms with E-state index in [2.05, 4.69) is 23.2 Å². The molecule has 0 saturated carbocycles. The molecule has 5 fully saturated rings. The van der Waals surface area contributed by atoms with Gasteiger partial charge in [-0.1, -0.05) is 0 Å². The molecule has 5 aliphatic rings. The first-order chi connectivity index (χ1) is 34.2. The van der Waals surface area contributed by atoms with Crippen LogP contribution in [0.5, 0.6) is 0 Å². The predicted octanol–water partition coefficient (Wildman–Crippen LogP) is -12.2. The van der Waals surface area contributed by atoms with Gasteiger partial charge in [0, 0.05) is 13.8 Å². The number of amides is 2. The minimum atomic E-state index is -5.42. The lowest BCUT2D eigenvalue weighted by molar-refractivity contribution is -0.381. The molecule has 74 heavy (non-hydrogen) atoms. The Morgan fingerprint density at radius 2 is 0.743 bits per heavy atom. The molecule has 0 aliphatic carbocycles. The van der Waals surface area contributed by atoms with Gasteiger partial charge in [0.2, 0.25) is 11.8 Å². The Kier molecular flexibility index (Phi) is 21.7. The number of hydrogen-bond acceptors (Lipinski definition) is 32. The number of carbonyl (C=O) groups is 2. The summed E-state index contributed by atoms with van der Waals surface area (Å²) in [5.74, 6) is -1.96. The topological polar surface area (TPSA) is 575 Å². The molecule has 0 spiro atoms. The SMILES string of the molecule is CC(=O)NC1C(OC2C(O)C(CO)OC(OC3C(COS(=O)(=O)O)OC(OC4C(O)C(O)OC(CO)C4O)C(NC(C)=O)C3O)C2O)OC(COS(=O)(=O)O)C(OC2OC(COS(=O)(=O)O)C(O)C(O)C2O)C1O. The molecule has 0 aromatic carbocycles. The molecule has 0 aromatic rings. The van der Waals surface area contributed by atoms with Crippen LogP contribution < -0.4 is 10.6 Å². The number of aliphatic hydroxyl groups is 12. The molecule has 37 nitrogen and oxygen atoms in total. The summed E-state index contributed by atoms with van der Waals surface area (Å²) in [4.78, 5) is 25.0. The van der Waals surface area contributed by atoms with Crippen LogP contribution in [0.4, 0.5) is 0 Å². The lowest BCUT2D eigenvalue weighted by Gasteiger charge is -2.50. The Hall–Kier alpha value is -2.29. The lowest BCUT2D eigenvalue weighted by atomic mass is 9.94. The summed E-state index contributed by atoms with van der Waals surface area (Å²) in [6.07, 6.45) is -49.5. The van der Waals surface area contributed by atoms with E-state index in [0.29, 0.717) is 0 Å². The normalized spacial score (nSPS) is 43.6. The summed E-state index contributed by atoms with van der Waals surface area (Å²) in [6, 6.07) is -3.95. The van der Waals surface area contributed by atoms with E-state index in [1.54, 1.807) is 0 Å². The minimum Gasteiger partial charge on any atom is -0.394 e. The van der Waals surface area contributed by atoms with Crippen molar-refractivity contribution < 1.29 is 165 Å². The summed E-state index contributed by atoms with van der Waals surface area (Å²) in [5.41, 5.74) is 0. The van der Waals surface area contributed by atoms with Crippen LogP contribution in [0.3, 0.4) is 0 Å². The highest BCUT2D eigenvalue weighted by Gasteiger charge is 2.57. The summed E-state index contributed by atoms with van der Waals surface area (Å²) in [7, 11) is -16.0. The Morgan fingerprint density at radius 1 is 0.405 bits per heavy atom. The van der Waals surface area contributed by atoms with Gasteiger partial charge in [-0.25, -0.2) is 12.5 Å². The molecule has 5 rings (SSSR count). The van der Waals surface area contributed by atoms with Gasteiger partial charge in [-0.15, -0.1) is 0 Å². The highest BCUT2D eigenvalue weighted by Crippen LogP contribution is 2.36. The maximum absolute atomic E-state index is 12.6. The second-order valence-corrected chi connectivity index (χ2v) is 20.3. The van der Waals surface area contributed by atoms with Crippen LogP contribution in [0.1, 0.15) is 13.8 Å². The van der Waals surface area contributed by atoms with Crippen LogP contribution in [0.2, 0.25) is 0 Å². The third-order valence-electron chi connectivity index (χ3n) is 11.7. The van der Waals surface area contributed by atoms with Gasteiger partial charge in [0.15, 0.2) is 31.5 Å². The van der Waals surface area contributed by atoms with Crippen LogP contribution in [-0.4, -0.2) is 298 Å².